The highest BCUT2D eigenvalue weighted by Crippen LogP contribution is 2.02. The minimum atomic E-state index is -0.0568. The quantitative estimate of drug-likeness (QED) is 0.797. The Balaban J connectivity index is 1.89. The van der Waals surface area contributed by atoms with Crippen LogP contribution in [0.5, 0.6) is 0 Å². The summed E-state index contributed by atoms with van der Waals surface area (Å²) in [6.45, 7) is 1.23. The van der Waals surface area contributed by atoms with Crippen LogP contribution in [0.1, 0.15) is 12.1 Å². The molecule has 0 aliphatic carbocycles. The van der Waals surface area contributed by atoms with Gasteiger partial charge in [0.25, 0.3) is 0 Å². The van der Waals surface area contributed by atoms with Crippen molar-refractivity contribution in [3.8, 4) is 0 Å². The molecule has 0 atom stereocenters. The fraction of sp³-hybridized carbons (Fsp3) is 0.417. The minimum absolute atomic E-state index is 0.0215. The molecule has 0 spiro atoms. The highest BCUT2D eigenvalue weighted by atomic mass is 16.2. The summed E-state index contributed by atoms with van der Waals surface area (Å²) in [6.07, 6.45) is 2.85. The molecule has 1 aromatic rings. The highest BCUT2D eigenvalue weighted by Gasteiger charge is 2.19. The Hall–Kier alpha value is -1.91. The second kappa shape index (κ2) is 5.43. The monoisotopic (exact) mass is 233 g/mol. The number of rotatable bonds is 3. The largest absolute Gasteiger partial charge is 0.347 e. The van der Waals surface area contributed by atoms with Crippen molar-refractivity contribution in [3.05, 3.63) is 30.1 Å². The van der Waals surface area contributed by atoms with Crippen molar-refractivity contribution in [2.45, 2.75) is 12.8 Å². The molecule has 1 aliphatic heterocycles. The predicted octanol–water partition coefficient (Wildman–Crippen LogP) is -0.0274. The predicted molar refractivity (Wildman–Crippen MR) is 62.1 cm³/mol. The Labute approximate surface area is 99.8 Å². The van der Waals surface area contributed by atoms with Gasteiger partial charge >= 0.3 is 0 Å². The third kappa shape index (κ3) is 3.27. The van der Waals surface area contributed by atoms with E-state index in [0.29, 0.717) is 19.5 Å². The molecule has 1 saturated heterocycles. The van der Waals surface area contributed by atoms with Crippen LogP contribution in [0.3, 0.4) is 0 Å². The molecule has 90 valence electrons. The molecule has 5 heteroatoms. The fourth-order valence-electron chi connectivity index (χ4n) is 1.77. The summed E-state index contributed by atoms with van der Waals surface area (Å²) in [5.74, 6) is -0.0783. The molecule has 0 saturated carbocycles. The molecule has 1 aromatic heterocycles. The number of carbonyl (C=O) groups excluding carboxylic acids is 2. The fourth-order valence-corrected chi connectivity index (χ4v) is 1.77. The van der Waals surface area contributed by atoms with Crippen LogP contribution in [-0.4, -0.2) is 41.3 Å². The highest BCUT2D eigenvalue weighted by molar-refractivity contribution is 5.87. The summed E-state index contributed by atoms with van der Waals surface area (Å²) in [5, 5.41) is 2.58. The summed E-state index contributed by atoms with van der Waals surface area (Å²) in [5.41, 5.74) is 0.962. The van der Waals surface area contributed by atoms with Gasteiger partial charge in [0.05, 0.1) is 6.54 Å². The molecule has 1 N–H and O–H groups in total. The van der Waals surface area contributed by atoms with Gasteiger partial charge in [-0.15, -0.1) is 0 Å². The third-order valence-electron chi connectivity index (χ3n) is 2.76. The van der Waals surface area contributed by atoms with Gasteiger partial charge in [-0.1, -0.05) is 6.07 Å². The van der Waals surface area contributed by atoms with E-state index in [1.54, 1.807) is 11.1 Å². The van der Waals surface area contributed by atoms with Crippen LogP contribution in [-0.2, 0) is 16.0 Å². The van der Waals surface area contributed by atoms with Crippen LogP contribution in [0, 0.1) is 0 Å². The summed E-state index contributed by atoms with van der Waals surface area (Å²) < 4.78 is 0. The van der Waals surface area contributed by atoms with Crippen LogP contribution in [0.25, 0.3) is 0 Å². The van der Waals surface area contributed by atoms with Crippen molar-refractivity contribution < 1.29 is 9.59 Å². The molecule has 0 radical (unpaired) electrons. The van der Waals surface area contributed by atoms with E-state index in [2.05, 4.69) is 10.3 Å². The first-order valence-corrected chi connectivity index (χ1v) is 5.70. The standard InChI is InChI=1S/C12H15N3O2/c16-11-5-8-15(12(17)9-14-11)7-4-10-3-1-2-6-13-10/h1-3,6H,4-5,7-9H2,(H,14,16). The molecular weight excluding hydrogens is 218 g/mol. The molecule has 2 rings (SSSR count). The first kappa shape index (κ1) is 11.6. The molecule has 1 fully saturated rings. The van der Waals surface area contributed by atoms with Crippen LogP contribution in [0.4, 0.5) is 0 Å². The van der Waals surface area contributed by atoms with Crippen LogP contribution in [0.15, 0.2) is 24.4 Å². The molecule has 0 unspecified atom stereocenters. The lowest BCUT2D eigenvalue weighted by Gasteiger charge is -2.19. The van der Waals surface area contributed by atoms with E-state index in [4.69, 9.17) is 0 Å². The van der Waals surface area contributed by atoms with Crippen molar-refractivity contribution in [2.24, 2.45) is 0 Å². The van der Waals surface area contributed by atoms with E-state index in [1.807, 2.05) is 18.2 Å². The van der Waals surface area contributed by atoms with Crippen molar-refractivity contribution in [2.75, 3.05) is 19.6 Å². The Morgan fingerprint density at radius 1 is 1.35 bits per heavy atom. The second-order valence-corrected chi connectivity index (χ2v) is 3.98. The molecule has 2 heterocycles. The molecule has 1 aliphatic rings. The van der Waals surface area contributed by atoms with Gasteiger partial charge in [0.1, 0.15) is 0 Å². The number of hydrogen-bond donors (Lipinski definition) is 1. The van der Waals surface area contributed by atoms with E-state index in [9.17, 15) is 9.59 Å². The summed E-state index contributed by atoms with van der Waals surface area (Å²) in [7, 11) is 0. The summed E-state index contributed by atoms with van der Waals surface area (Å²) in [4.78, 5) is 28.7. The zero-order valence-corrected chi connectivity index (χ0v) is 9.56. The number of amides is 2. The maximum atomic E-state index is 11.7. The molecular formula is C12H15N3O2. The lowest BCUT2D eigenvalue weighted by Crippen LogP contribution is -2.36. The van der Waals surface area contributed by atoms with Gasteiger partial charge in [-0.25, -0.2) is 0 Å². The lowest BCUT2D eigenvalue weighted by atomic mass is 10.2. The molecule has 0 aromatic carbocycles. The smallest absolute Gasteiger partial charge is 0.241 e. The minimum Gasteiger partial charge on any atom is -0.347 e. The maximum absolute atomic E-state index is 11.7. The Morgan fingerprint density at radius 2 is 2.24 bits per heavy atom. The van der Waals surface area contributed by atoms with E-state index < -0.39 is 0 Å². The molecule has 17 heavy (non-hydrogen) atoms. The van der Waals surface area contributed by atoms with E-state index in [1.165, 1.54) is 0 Å². The van der Waals surface area contributed by atoms with Gasteiger partial charge in [-0.05, 0) is 12.1 Å². The first-order chi connectivity index (χ1) is 8.25. The Morgan fingerprint density at radius 3 is 3.00 bits per heavy atom. The Kier molecular flexibility index (Phi) is 3.69. The van der Waals surface area contributed by atoms with E-state index in [0.717, 1.165) is 12.1 Å². The van der Waals surface area contributed by atoms with Gasteiger partial charge in [0, 0.05) is 37.8 Å². The van der Waals surface area contributed by atoms with Crippen molar-refractivity contribution in [1.82, 2.24) is 15.2 Å². The maximum Gasteiger partial charge on any atom is 0.241 e. The zero-order chi connectivity index (χ0) is 12.1. The number of nitrogens with one attached hydrogen (secondary N) is 1. The van der Waals surface area contributed by atoms with E-state index in [-0.39, 0.29) is 18.4 Å². The van der Waals surface area contributed by atoms with Crippen molar-refractivity contribution in [3.63, 3.8) is 0 Å². The molecule has 2 amide bonds. The van der Waals surface area contributed by atoms with Crippen LogP contribution in [0.2, 0.25) is 0 Å². The summed E-state index contributed by atoms with van der Waals surface area (Å²) >= 11 is 0. The van der Waals surface area contributed by atoms with Crippen molar-refractivity contribution in [1.29, 1.82) is 0 Å². The average Bonchev–Trinajstić information content (AvgIpc) is 2.52. The number of carbonyl (C=O) groups is 2. The van der Waals surface area contributed by atoms with E-state index >= 15 is 0 Å². The average molecular weight is 233 g/mol. The lowest BCUT2D eigenvalue weighted by molar-refractivity contribution is -0.130. The summed E-state index contributed by atoms with van der Waals surface area (Å²) in [6, 6.07) is 5.73. The third-order valence-corrected chi connectivity index (χ3v) is 2.76. The normalized spacial score (nSPS) is 16.6. The zero-order valence-electron chi connectivity index (χ0n) is 9.56. The number of pyridine rings is 1. The van der Waals surface area contributed by atoms with Gasteiger partial charge in [-0.2, -0.15) is 0 Å². The Bertz CT molecular complexity index is 405. The number of nitrogens with zero attached hydrogens (tertiary/aromatic N) is 2. The van der Waals surface area contributed by atoms with Gasteiger partial charge in [0.2, 0.25) is 11.8 Å². The van der Waals surface area contributed by atoms with Crippen molar-refractivity contribution >= 4 is 11.8 Å². The molecule has 0 bridgehead atoms. The first-order valence-electron chi connectivity index (χ1n) is 5.70. The van der Waals surface area contributed by atoms with Crippen LogP contribution < -0.4 is 5.32 Å². The number of hydrogen-bond acceptors (Lipinski definition) is 3. The van der Waals surface area contributed by atoms with Crippen LogP contribution >= 0.6 is 0 Å². The molecule has 5 nitrogen and oxygen atoms in total. The topological polar surface area (TPSA) is 62.3 Å². The van der Waals surface area contributed by atoms with Gasteiger partial charge in [0.15, 0.2) is 0 Å². The van der Waals surface area contributed by atoms with Gasteiger partial charge in [-0.3, -0.25) is 14.6 Å². The van der Waals surface area contributed by atoms with Gasteiger partial charge < -0.3 is 10.2 Å². The number of aromatic nitrogens is 1. The SMILES string of the molecule is O=C1CCN(CCc2ccccn2)C(=O)CN1. The second-order valence-electron chi connectivity index (χ2n) is 3.98.